The third kappa shape index (κ3) is 3.19. The van der Waals surface area contributed by atoms with Crippen LogP contribution in [0, 0.1) is 0 Å². The fourth-order valence-electron chi connectivity index (χ4n) is 1.38. The van der Waals surface area contributed by atoms with E-state index < -0.39 is 0 Å². The van der Waals surface area contributed by atoms with Crippen LogP contribution < -0.4 is 5.32 Å². The lowest BCUT2D eigenvalue weighted by atomic mass is 10.1. The van der Waals surface area contributed by atoms with E-state index in [9.17, 15) is 0 Å². The minimum Gasteiger partial charge on any atom is -0.317 e. The molecule has 1 heterocycles. The first kappa shape index (κ1) is 10.3. The van der Waals surface area contributed by atoms with Gasteiger partial charge in [-0.1, -0.05) is 0 Å². The van der Waals surface area contributed by atoms with Gasteiger partial charge in [-0.25, -0.2) is 0 Å². The van der Waals surface area contributed by atoms with E-state index >= 15 is 0 Å². The van der Waals surface area contributed by atoms with Crippen molar-refractivity contribution in [2.45, 2.75) is 32.2 Å². The Balaban J connectivity index is 2.24. The molecule has 0 aliphatic carbocycles. The summed E-state index contributed by atoms with van der Waals surface area (Å²) in [4.78, 5) is 0. The second-order valence-corrected chi connectivity index (χ2v) is 3.53. The third-order valence-corrected chi connectivity index (χ3v) is 2.49. The highest BCUT2D eigenvalue weighted by atomic mass is 15.2. The van der Waals surface area contributed by atoms with Gasteiger partial charge < -0.3 is 5.32 Å². The van der Waals surface area contributed by atoms with Crippen molar-refractivity contribution in [2.75, 3.05) is 7.05 Å². The topological polar surface area (TPSA) is 29.9 Å². The van der Waals surface area contributed by atoms with Crippen LogP contribution in [-0.4, -0.2) is 22.9 Å². The lowest BCUT2D eigenvalue weighted by molar-refractivity contribution is 0.534. The molecular formula is C10H19N3. The molecule has 0 bridgehead atoms. The van der Waals surface area contributed by atoms with Gasteiger partial charge in [-0.05, 0) is 39.3 Å². The Hall–Kier alpha value is -0.830. The summed E-state index contributed by atoms with van der Waals surface area (Å²) < 4.78 is 1.95. The molecule has 1 rings (SSSR count). The molecule has 0 amide bonds. The molecule has 0 aromatic carbocycles. The molecule has 1 aromatic heterocycles. The number of rotatable bonds is 5. The van der Waals surface area contributed by atoms with E-state index in [1.165, 1.54) is 18.5 Å². The molecule has 0 fully saturated rings. The van der Waals surface area contributed by atoms with E-state index in [0.717, 1.165) is 6.42 Å². The highest BCUT2D eigenvalue weighted by Gasteiger charge is 2.00. The van der Waals surface area contributed by atoms with Crippen LogP contribution in [0.2, 0.25) is 0 Å². The lowest BCUT2D eigenvalue weighted by Crippen LogP contribution is -2.20. The van der Waals surface area contributed by atoms with E-state index in [-0.39, 0.29) is 0 Å². The first-order valence-electron chi connectivity index (χ1n) is 4.88. The Morgan fingerprint density at radius 1 is 1.62 bits per heavy atom. The molecule has 74 valence electrons. The molecule has 3 heteroatoms. The van der Waals surface area contributed by atoms with Gasteiger partial charge in [0.05, 0.1) is 0 Å². The highest BCUT2D eigenvalue weighted by Crippen LogP contribution is 2.04. The van der Waals surface area contributed by atoms with Crippen molar-refractivity contribution in [1.82, 2.24) is 15.1 Å². The average Bonchev–Trinajstić information content (AvgIpc) is 2.52. The van der Waals surface area contributed by atoms with Crippen LogP contribution in [0.5, 0.6) is 0 Å². The summed E-state index contributed by atoms with van der Waals surface area (Å²) in [5.41, 5.74) is 1.32. The fourth-order valence-corrected chi connectivity index (χ4v) is 1.38. The highest BCUT2D eigenvalue weighted by molar-refractivity contribution is 4.99. The fraction of sp³-hybridized carbons (Fsp3) is 0.700. The van der Waals surface area contributed by atoms with Crippen LogP contribution in [0.25, 0.3) is 0 Å². The Morgan fingerprint density at radius 2 is 2.38 bits per heavy atom. The van der Waals surface area contributed by atoms with Gasteiger partial charge in [0.25, 0.3) is 0 Å². The normalized spacial score (nSPS) is 13.2. The Labute approximate surface area is 80.1 Å². The van der Waals surface area contributed by atoms with Gasteiger partial charge in [-0.15, -0.1) is 0 Å². The van der Waals surface area contributed by atoms with Crippen LogP contribution in [0.4, 0.5) is 0 Å². The van der Waals surface area contributed by atoms with E-state index in [1.807, 2.05) is 25.0 Å². The predicted octanol–water partition coefficient (Wildman–Crippen LogP) is 1.35. The maximum Gasteiger partial charge on any atom is 0.0492 e. The Bertz CT molecular complexity index is 242. The largest absolute Gasteiger partial charge is 0.317 e. The average molecular weight is 181 g/mol. The smallest absolute Gasteiger partial charge is 0.0492 e. The Morgan fingerprint density at radius 3 is 2.92 bits per heavy atom. The van der Waals surface area contributed by atoms with Crippen LogP contribution in [-0.2, 0) is 13.5 Å². The summed E-state index contributed by atoms with van der Waals surface area (Å²) in [7, 11) is 4.01. The van der Waals surface area contributed by atoms with Crippen molar-refractivity contribution in [1.29, 1.82) is 0 Å². The summed E-state index contributed by atoms with van der Waals surface area (Å²) >= 11 is 0. The summed E-state index contributed by atoms with van der Waals surface area (Å²) in [5.74, 6) is 0. The van der Waals surface area contributed by atoms with Crippen LogP contribution >= 0.6 is 0 Å². The molecule has 1 atom stereocenters. The summed E-state index contributed by atoms with van der Waals surface area (Å²) in [6.07, 6.45) is 5.43. The monoisotopic (exact) mass is 181 g/mol. The molecule has 1 aromatic rings. The van der Waals surface area contributed by atoms with Crippen molar-refractivity contribution in [3.05, 3.63) is 18.0 Å². The van der Waals surface area contributed by atoms with Gasteiger partial charge in [0.2, 0.25) is 0 Å². The third-order valence-electron chi connectivity index (χ3n) is 2.49. The SMILES string of the molecule is CNC(C)CCCc1ccnn1C. The van der Waals surface area contributed by atoms with E-state index in [1.54, 1.807) is 0 Å². The number of aromatic nitrogens is 2. The van der Waals surface area contributed by atoms with E-state index in [0.29, 0.717) is 6.04 Å². The minimum atomic E-state index is 0.619. The van der Waals surface area contributed by atoms with Gasteiger partial charge in [0.1, 0.15) is 0 Å². The van der Waals surface area contributed by atoms with Gasteiger partial charge in [0, 0.05) is 25.0 Å². The summed E-state index contributed by atoms with van der Waals surface area (Å²) in [6, 6.07) is 2.71. The van der Waals surface area contributed by atoms with Crippen molar-refractivity contribution >= 4 is 0 Å². The summed E-state index contributed by atoms with van der Waals surface area (Å²) in [6.45, 7) is 2.21. The molecule has 0 saturated carbocycles. The molecule has 1 unspecified atom stereocenters. The van der Waals surface area contributed by atoms with Gasteiger partial charge >= 0.3 is 0 Å². The quantitative estimate of drug-likeness (QED) is 0.743. The first-order valence-corrected chi connectivity index (χ1v) is 4.88. The van der Waals surface area contributed by atoms with Crippen LogP contribution in [0.3, 0.4) is 0 Å². The predicted molar refractivity (Wildman–Crippen MR) is 54.7 cm³/mol. The lowest BCUT2D eigenvalue weighted by Gasteiger charge is -2.09. The number of hydrogen-bond donors (Lipinski definition) is 1. The summed E-state index contributed by atoms with van der Waals surface area (Å²) in [5, 5.41) is 7.37. The standard InChI is InChI=1S/C10H19N3/c1-9(11-2)5-4-6-10-7-8-12-13(10)3/h7-9,11H,4-6H2,1-3H3. The maximum absolute atomic E-state index is 4.14. The molecule has 0 radical (unpaired) electrons. The van der Waals surface area contributed by atoms with Crippen molar-refractivity contribution in [3.8, 4) is 0 Å². The van der Waals surface area contributed by atoms with E-state index in [2.05, 4.69) is 23.4 Å². The Kier molecular flexibility index (Phi) is 3.96. The van der Waals surface area contributed by atoms with Crippen molar-refractivity contribution < 1.29 is 0 Å². The second-order valence-electron chi connectivity index (χ2n) is 3.53. The number of nitrogens with one attached hydrogen (secondary N) is 1. The molecule has 0 aliphatic rings. The van der Waals surface area contributed by atoms with Crippen LogP contribution in [0.1, 0.15) is 25.5 Å². The zero-order valence-corrected chi connectivity index (χ0v) is 8.75. The zero-order chi connectivity index (χ0) is 9.68. The first-order chi connectivity index (χ1) is 6.24. The van der Waals surface area contributed by atoms with Crippen molar-refractivity contribution in [2.24, 2.45) is 7.05 Å². The molecule has 0 aliphatic heterocycles. The van der Waals surface area contributed by atoms with Gasteiger partial charge in [-0.3, -0.25) is 4.68 Å². The number of hydrogen-bond acceptors (Lipinski definition) is 2. The molecular weight excluding hydrogens is 162 g/mol. The van der Waals surface area contributed by atoms with Crippen LogP contribution in [0.15, 0.2) is 12.3 Å². The molecule has 0 saturated heterocycles. The minimum absolute atomic E-state index is 0.619. The van der Waals surface area contributed by atoms with Gasteiger partial charge in [-0.2, -0.15) is 5.10 Å². The van der Waals surface area contributed by atoms with E-state index in [4.69, 9.17) is 0 Å². The number of nitrogens with zero attached hydrogens (tertiary/aromatic N) is 2. The molecule has 13 heavy (non-hydrogen) atoms. The number of aryl methyl sites for hydroxylation is 2. The van der Waals surface area contributed by atoms with Gasteiger partial charge in [0.15, 0.2) is 0 Å². The molecule has 0 spiro atoms. The van der Waals surface area contributed by atoms with Crippen molar-refractivity contribution in [3.63, 3.8) is 0 Å². The zero-order valence-electron chi connectivity index (χ0n) is 8.75. The second kappa shape index (κ2) is 5.02. The molecule has 3 nitrogen and oxygen atoms in total. The maximum atomic E-state index is 4.14. The molecule has 1 N–H and O–H groups in total.